The highest BCUT2D eigenvalue weighted by Crippen LogP contribution is 2.64. The van der Waals surface area contributed by atoms with Gasteiger partial charge in [0.05, 0.1) is 11.1 Å². The molecule has 4 nitrogen and oxygen atoms in total. The molecule has 4 heteroatoms. The van der Waals surface area contributed by atoms with Gasteiger partial charge in [0, 0.05) is 55.5 Å². The van der Waals surface area contributed by atoms with Crippen molar-refractivity contribution < 1.29 is 8.83 Å². The minimum atomic E-state index is -0.471. The van der Waals surface area contributed by atoms with Crippen LogP contribution in [-0.2, 0) is 5.41 Å². The van der Waals surface area contributed by atoms with E-state index in [-0.39, 0.29) is 0 Å². The molecule has 14 aromatic rings. The van der Waals surface area contributed by atoms with E-state index in [2.05, 4.69) is 283 Å². The second kappa shape index (κ2) is 16.9. The number of hydrogen-bond acceptors (Lipinski definition) is 4. The van der Waals surface area contributed by atoms with Crippen LogP contribution in [-0.4, -0.2) is 0 Å². The molecule has 2 heterocycles. The van der Waals surface area contributed by atoms with Gasteiger partial charge in [0.25, 0.3) is 0 Å². The third-order valence-corrected chi connectivity index (χ3v) is 16.2. The monoisotopic (exact) mass is 982 g/mol. The fourth-order valence-corrected chi connectivity index (χ4v) is 13.1. The smallest absolute Gasteiger partial charge is 0.159 e. The van der Waals surface area contributed by atoms with Crippen LogP contribution in [0.2, 0.25) is 0 Å². The lowest BCUT2D eigenvalue weighted by Crippen LogP contribution is -2.25. The Hall–Kier alpha value is -10.2. The fraction of sp³-hybridized carbons (Fsp3) is 0.0137. The quantitative estimate of drug-likeness (QED) is 0.152. The molecule has 16 rings (SSSR count). The van der Waals surface area contributed by atoms with Gasteiger partial charge in [-0.05, 0) is 134 Å². The molecule has 77 heavy (non-hydrogen) atoms. The van der Waals surface area contributed by atoms with E-state index >= 15 is 0 Å². The van der Waals surface area contributed by atoms with Crippen molar-refractivity contribution in [2.24, 2.45) is 0 Å². The van der Waals surface area contributed by atoms with Gasteiger partial charge in [0.1, 0.15) is 16.7 Å². The zero-order valence-corrected chi connectivity index (χ0v) is 41.8. The van der Waals surface area contributed by atoms with Crippen LogP contribution in [0.15, 0.2) is 288 Å². The van der Waals surface area contributed by atoms with Crippen molar-refractivity contribution in [2.45, 2.75) is 5.41 Å². The summed E-state index contributed by atoms with van der Waals surface area (Å²) in [6, 6.07) is 101. The van der Waals surface area contributed by atoms with Crippen molar-refractivity contribution in [1.29, 1.82) is 0 Å². The van der Waals surface area contributed by atoms with Gasteiger partial charge in [-0.2, -0.15) is 0 Å². The maximum atomic E-state index is 7.31. The molecule has 1 spiro atoms. The minimum Gasteiger partial charge on any atom is -0.455 e. The van der Waals surface area contributed by atoms with E-state index in [9.17, 15) is 0 Å². The van der Waals surface area contributed by atoms with Gasteiger partial charge in [-0.3, -0.25) is 0 Å². The van der Waals surface area contributed by atoms with Crippen molar-refractivity contribution in [1.82, 2.24) is 0 Å². The molecule has 2 aromatic heterocycles. The third-order valence-electron chi connectivity index (χ3n) is 16.2. The zero-order valence-electron chi connectivity index (χ0n) is 41.8. The minimum absolute atomic E-state index is 0.471. The van der Waals surface area contributed by atoms with Gasteiger partial charge in [0.2, 0.25) is 0 Å². The van der Waals surface area contributed by atoms with Crippen molar-refractivity contribution in [3.05, 3.63) is 301 Å². The lowest BCUT2D eigenvalue weighted by atomic mass is 9.70. The number of nitrogens with zero attached hydrogens (tertiary/aromatic N) is 2. The average molecular weight is 983 g/mol. The number of benzene rings is 12. The first-order chi connectivity index (χ1) is 38.2. The second-order valence-corrected chi connectivity index (χ2v) is 20.3. The molecule has 2 aliphatic rings. The molecule has 0 amide bonds. The van der Waals surface area contributed by atoms with Crippen LogP contribution < -0.4 is 9.80 Å². The average Bonchev–Trinajstić information content (AvgIpc) is 4.34. The van der Waals surface area contributed by atoms with Gasteiger partial charge in [0.15, 0.2) is 5.58 Å². The molecule has 2 aliphatic carbocycles. The van der Waals surface area contributed by atoms with Crippen LogP contribution in [0.5, 0.6) is 0 Å². The Kier molecular flexibility index (Phi) is 9.52. The summed E-state index contributed by atoms with van der Waals surface area (Å²) in [5, 5.41) is 4.35. The Balaban J connectivity index is 0.967. The summed E-state index contributed by atoms with van der Waals surface area (Å²) in [7, 11) is 0. The first-order valence-corrected chi connectivity index (χ1v) is 26.4. The van der Waals surface area contributed by atoms with Crippen molar-refractivity contribution in [3.63, 3.8) is 0 Å². The van der Waals surface area contributed by atoms with E-state index in [0.29, 0.717) is 0 Å². The van der Waals surface area contributed by atoms with E-state index in [0.717, 1.165) is 100 Å². The predicted octanol–water partition coefficient (Wildman–Crippen LogP) is 20.1. The van der Waals surface area contributed by atoms with Crippen molar-refractivity contribution in [3.8, 4) is 44.5 Å². The van der Waals surface area contributed by atoms with Gasteiger partial charge in [-0.25, -0.2) is 0 Å². The molecule has 0 aliphatic heterocycles. The van der Waals surface area contributed by atoms with Crippen molar-refractivity contribution >= 4 is 78.0 Å². The van der Waals surface area contributed by atoms with Gasteiger partial charge in [-0.1, -0.05) is 206 Å². The SMILES string of the molecule is c1ccc(-c2ccc(N(c3cc(-c4cccc5c4oc4ccc6c(c45)-c4ccccc4C64c5ccccc5-c5ccccc54)cc(N(c4ccccc4)c4ccccc4)c3)c3cccc4c3oc3ccccc34)cc2)cc1. The summed E-state index contributed by atoms with van der Waals surface area (Å²) in [4.78, 5) is 4.71. The first kappa shape index (κ1) is 43.3. The molecular formula is C73H46N2O2. The molecule has 12 aromatic carbocycles. The number of anilines is 6. The molecule has 0 bridgehead atoms. The molecule has 360 valence electrons. The highest BCUT2D eigenvalue weighted by molar-refractivity contribution is 6.19. The highest BCUT2D eigenvalue weighted by atomic mass is 16.3. The fourth-order valence-electron chi connectivity index (χ4n) is 13.1. The lowest BCUT2D eigenvalue weighted by Gasteiger charge is -2.30. The van der Waals surface area contributed by atoms with Crippen molar-refractivity contribution in [2.75, 3.05) is 9.80 Å². The van der Waals surface area contributed by atoms with E-state index < -0.39 is 5.41 Å². The van der Waals surface area contributed by atoms with Crippen LogP contribution in [0, 0.1) is 0 Å². The first-order valence-electron chi connectivity index (χ1n) is 26.4. The Morgan fingerprint density at radius 2 is 0.779 bits per heavy atom. The predicted molar refractivity (Wildman–Crippen MR) is 318 cm³/mol. The zero-order chi connectivity index (χ0) is 50.6. The van der Waals surface area contributed by atoms with Gasteiger partial charge in [-0.15, -0.1) is 0 Å². The summed E-state index contributed by atoms with van der Waals surface area (Å²) in [6.45, 7) is 0. The highest BCUT2D eigenvalue weighted by Gasteiger charge is 2.52. The standard InChI is InChI=1S/C73H46N2O2/c1-4-20-47(21-5-1)48-38-40-52(41-39-48)75(66-36-19-31-59-58-28-13-17-37-67(58)76-72(59)66)54-45-49(44-53(46-54)74(50-22-6-2-7-23-50)51-24-8-3-9-25-51)55-30-18-32-61-70-68(77-71(55)61)43-42-65-69(70)60-29-12-16-35-64(60)73(65)62-33-14-10-26-56(62)57-27-11-15-34-63(57)73/h1-46H. The van der Waals surface area contributed by atoms with Crippen LogP contribution in [0.1, 0.15) is 22.3 Å². The lowest BCUT2D eigenvalue weighted by molar-refractivity contribution is 0.669. The second-order valence-electron chi connectivity index (χ2n) is 20.3. The van der Waals surface area contributed by atoms with E-state index in [1.54, 1.807) is 0 Å². The molecule has 0 radical (unpaired) electrons. The molecular weight excluding hydrogens is 937 g/mol. The van der Waals surface area contributed by atoms with Gasteiger partial charge < -0.3 is 18.6 Å². The van der Waals surface area contributed by atoms with Crippen LogP contribution >= 0.6 is 0 Å². The number of furan rings is 2. The summed E-state index contributed by atoms with van der Waals surface area (Å²) in [5.41, 5.74) is 23.5. The third kappa shape index (κ3) is 6.40. The maximum absolute atomic E-state index is 7.31. The van der Waals surface area contributed by atoms with E-state index in [4.69, 9.17) is 8.83 Å². The molecule has 0 fully saturated rings. The number of para-hydroxylation sites is 5. The maximum Gasteiger partial charge on any atom is 0.159 e. The Morgan fingerprint density at radius 3 is 1.48 bits per heavy atom. The number of fused-ring (bicyclic) bond motifs is 17. The van der Waals surface area contributed by atoms with Crippen LogP contribution in [0.3, 0.4) is 0 Å². The van der Waals surface area contributed by atoms with Crippen LogP contribution in [0.25, 0.3) is 88.4 Å². The summed E-state index contributed by atoms with van der Waals surface area (Å²) >= 11 is 0. The molecule has 0 atom stereocenters. The summed E-state index contributed by atoms with van der Waals surface area (Å²) in [6.07, 6.45) is 0. The summed E-state index contributed by atoms with van der Waals surface area (Å²) < 4.78 is 14.2. The largest absolute Gasteiger partial charge is 0.455 e. The normalized spacial score (nSPS) is 12.8. The Bertz CT molecular complexity index is 4550. The summed E-state index contributed by atoms with van der Waals surface area (Å²) in [5.74, 6) is 0. The Labute approximate surface area is 445 Å². The number of hydrogen-bond donors (Lipinski definition) is 0. The molecule has 0 saturated heterocycles. The molecule has 0 unspecified atom stereocenters. The Morgan fingerprint density at radius 1 is 0.273 bits per heavy atom. The van der Waals surface area contributed by atoms with E-state index in [1.807, 2.05) is 6.07 Å². The van der Waals surface area contributed by atoms with E-state index in [1.165, 1.54) is 44.5 Å². The molecule has 0 saturated carbocycles. The van der Waals surface area contributed by atoms with Gasteiger partial charge >= 0.3 is 0 Å². The molecule has 0 N–H and O–H groups in total. The topological polar surface area (TPSA) is 32.8 Å². The van der Waals surface area contributed by atoms with Crippen LogP contribution in [0.4, 0.5) is 34.1 Å². The number of rotatable bonds is 8.